The molecule has 3 heteroatoms. The van der Waals surface area contributed by atoms with Gasteiger partial charge in [0, 0.05) is 6.92 Å². The van der Waals surface area contributed by atoms with Gasteiger partial charge in [-0.2, -0.15) is 0 Å². The van der Waals surface area contributed by atoms with E-state index in [4.69, 9.17) is 11.8 Å². The predicted molar refractivity (Wildman–Crippen MR) is 28.8 cm³/mol. The Labute approximate surface area is 47.5 Å². The van der Waals surface area contributed by atoms with Gasteiger partial charge in [0.1, 0.15) is 6.72 Å². The third kappa shape index (κ3) is 5.63. The van der Waals surface area contributed by atoms with Crippen LogP contribution in [0, 0.1) is 0 Å². The smallest absolute Gasteiger partial charge is 0.261 e. The van der Waals surface area contributed by atoms with Crippen molar-refractivity contribution in [3.63, 3.8) is 0 Å². The van der Waals surface area contributed by atoms with Crippen LogP contribution in [0.4, 0.5) is 0 Å². The number of rotatable bonds is 2. The summed E-state index contributed by atoms with van der Waals surface area (Å²) >= 11 is 5.17. The second-order valence-corrected chi connectivity index (χ2v) is 1.80. The van der Waals surface area contributed by atoms with Gasteiger partial charge < -0.3 is 0 Å². The Morgan fingerprint density at radius 3 is 2.43 bits per heavy atom. The van der Waals surface area contributed by atoms with Crippen molar-refractivity contribution in [1.29, 1.82) is 0 Å². The molecule has 0 amide bonds. The molecule has 0 aromatic rings. The molecular formula is C4H7ClNO+. The molecule has 0 saturated heterocycles. The Morgan fingerprint density at radius 2 is 2.43 bits per heavy atom. The molecule has 0 bridgehead atoms. The average molecular weight is 121 g/mol. The molecule has 0 aliphatic rings. The number of hydrogen-bond acceptors (Lipinski definition) is 1. The number of carbonyl (C=O) groups excluding carboxylic acids is 1. The number of Topliss-reactive ketones (excluding diaryl/α,β-unsaturated/α-hetero) is 1. The van der Waals surface area contributed by atoms with E-state index in [0.717, 1.165) is 4.09 Å². The van der Waals surface area contributed by atoms with Crippen molar-refractivity contribution in [3.05, 3.63) is 0 Å². The van der Waals surface area contributed by atoms with Crippen LogP contribution in [-0.2, 0) is 4.79 Å². The Hall–Kier alpha value is -0.370. The van der Waals surface area contributed by atoms with E-state index < -0.39 is 0 Å². The largest absolute Gasteiger partial charge is 0.293 e. The number of nitrogens with zero attached hydrogens (tertiary/aromatic N) is 1. The lowest BCUT2D eigenvalue weighted by atomic mass is 10.5. The van der Waals surface area contributed by atoms with Crippen LogP contribution in [0.5, 0.6) is 0 Å². The molecule has 0 aromatic carbocycles. The molecule has 0 radical (unpaired) electrons. The average Bonchev–Trinajstić information content (AvgIpc) is 1.27. The maximum atomic E-state index is 10.1. The molecule has 0 unspecified atom stereocenters. The van der Waals surface area contributed by atoms with Crippen LogP contribution in [0.1, 0.15) is 6.92 Å². The second kappa shape index (κ2) is 2.75. The molecule has 0 saturated carbocycles. The molecule has 0 rings (SSSR count). The maximum absolute atomic E-state index is 10.1. The van der Waals surface area contributed by atoms with Crippen LogP contribution >= 0.6 is 11.8 Å². The van der Waals surface area contributed by atoms with Crippen molar-refractivity contribution >= 4 is 24.3 Å². The SMILES string of the molecule is C=[N+](Cl)CC(C)=O. The van der Waals surface area contributed by atoms with E-state index in [1.54, 1.807) is 0 Å². The van der Waals surface area contributed by atoms with Gasteiger partial charge in [-0.1, -0.05) is 0 Å². The van der Waals surface area contributed by atoms with Crippen molar-refractivity contribution in [3.8, 4) is 0 Å². The van der Waals surface area contributed by atoms with Gasteiger partial charge in [0.25, 0.3) is 11.8 Å². The summed E-state index contributed by atoms with van der Waals surface area (Å²) in [6.45, 7) is 4.93. The van der Waals surface area contributed by atoms with Gasteiger partial charge in [-0.3, -0.25) is 4.79 Å². The zero-order chi connectivity index (χ0) is 5.86. The first kappa shape index (κ1) is 6.63. The summed E-state index contributed by atoms with van der Waals surface area (Å²) in [7, 11) is 0. The highest BCUT2D eigenvalue weighted by Crippen LogP contribution is 1.76. The minimum absolute atomic E-state index is 0.0185. The van der Waals surface area contributed by atoms with Gasteiger partial charge in [0.2, 0.25) is 6.54 Å². The summed E-state index contributed by atoms with van der Waals surface area (Å²) in [6, 6.07) is 0. The maximum Gasteiger partial charge on any atom is 0.261 e. The molecule has 0 atom stereocenters. The monoisotopic (exact) mass is 120 g/mol. The van der Waals surface area contributed by atoms with Gasteiger partial charge in [-0.05, 0) is 0 Å². The van der Waals surface area contributed by atoms with Gasteiger partial charge in [-0.15, -0.1) is 4.09 Å². The van der Waals surface area contributed by atoms with Crippen LogP contribution < -0.4 is 0 Å². The molecule has 0 N–H and O–H groups in total. The number of ketones is 1. The minimum Gasteiger partial charge on any atom is -0.293 e. The highest BCUT2D eigenvalue weighted by atomic mass is 35.5. The highest BCUT2D eigenvalue weighted by Gasteiger charge is 1.98. The third-order valence-electron chi connectivity index (χ3n) is 0.394. The number of halogens is 1. The molecule has 7 heavy (non-hydrogen) atoms. The van der Waals surface area contributed by atoms with Gasteiger partial charge >= 0.3 is 0 Å². The minimum atomic E-state index is 0.0185. The molecular weight excluding hydrogens is 114 g/mol. The summed E-state index contributed by atoms with van der Waals surface area (Å²) in [4.78, 5) is 10.1. The zero-order valence-electron chi connectivity index (χ0n) is 4.15. The summed E-state index contributed by atoms with van der Waals surface area (Å²) in [5.41, 5.74) is 0. The fourth-order valence-corrected chi connectivity index (χ4v) is 0.410. The van der Waals surface area contributed by atoms with Crippen molar-refractivity contribution in [2.45, 2.75) is 6.92 Å². The van der Waals surface area contributed by atoms with E-state index in [0.29, 0.717) is 0 Å². The first-order valence-corrected chi connectivity index (χ1v) is 2.20. The molecule has 2 nitrogen and oxygen atoms in total. The molecule has 0 spiro atoms. The molecule has 40 valence electrons. The Morgan fingerprint density at radius 1 is 2.00 bits per heavy atom. The summed E-state index contributed by atoms with van der Waals surface area (Å²) in [5.74, 6) is 0.0185. The van der Waals surface area contributed by atoms with E-state index in [9.17, 15) is 4.79 Å². The highest BCUT2D eigenvalue weighted by molar-refractivity contribution is 6.06. The molecule has 0 fully saturated rings. The standard InChI is InChI=1S/C4H7ClNO/c1-4(7)3-6(2)5/h2-3H2,1H3/q+1. The van der Waals surface area contributed by atoms with Crippen LogP contribution in [0.3, 0.4) is 0 Å². The number of hydrogen-bond donors (Lipinski definition) is 0. The summed E-state index contributed by atoms with van der Waals surface area (Å²) in [6.07, 6.45) is 0. The summed E-state index contributed by atoms with van der Waals surface area (Å²) in [5, 5.41) is 0. The van der Waals surface area contributed by atoms with E-state index in [-0.39, 0.29) is 12.3 Å². The van der Waals surface area contributed by atoms with Gasteiger partial charge in [0.05, 0.1) is 0 Å². The first-order valence-electron chi connectivity index (χ1n) is 1.86. The van der Waals surface area contributed by atoms with E-state index >= 15 is 0 Å². The normalized spacial score (nSPS) is 8.29. The lowest BCUT2D eigenvalue weighted by molar-refractivity contribution is -0.348. The Balaban J connectivity index is 3.32. The lowest BCUT2D eigenvalue weighted by Gasteiger charge is -1.79. The lowest BCUT2D eigenvalue weighted by Crippen LogP contribution is -2.06. The van der Waals surface area contributed by atoms with Gasteiger partial charge in [-0.25, -0.2) is 0 Å². The fourth-order valence-electron chi connectivity index (χ4n) is 0.242. The molecule has 0 aliphatic heterocycles. The predicted octanol–water partition coefficient (Wildman–Crippen LogP) is 0.442. The zero-order valence-corrected chi connectivity index (χ0v) is 4.90. The molecule has 0 aromatic heterocycles. The van der Waals surface area contributed by atoms with Crippen LogP contribution in [0.25, 0.3) is 0 Å². The van der Waals surface area contributed by atoms with E-state index in [1.807, 2.05) is 0 Å². The van der Waals surface area contributed by atoms with E-state index in [2.05, 4.69) is 6.72 Å². The molecule has 0 aliphatic carbocycles. The first-order chi connectivity index (χ1) is 3.13. The topological polar surface area (TPSA) is 20.1 Å². The van der Waals surface area contributed by atoms with Crippen molar-refractivity contribution in [1.82, 2.24) is 0 Å². The number of carbonyl (C=O) groups is 1. The van der Waals surface area contributed by atoms with Crippen LogP contribution in [0.15, 0.2) is 0 Å². The van der Waals surface area contributed by atoms with Crippen molar-refractivity contribution < 1.29 is 8.89 Å². The molecule has 0 heterocycles. The Kier molecular flexibility index (Phi) is 2.60. The van der Waals surface area contributed by atoms with Crippen LogP contribution in [-0.4, -0.2) is 23.1 Å². The third-order valence-corrected chi connectivity index (χ3v) is 0.514. The Bertz CT molecular complexity index is 87.9. The van der Waals surface area contributed by atoms with Crippen molar-refractivity contribution in [2.75, 3.05) is 6.54 Å². The fraction of sp³-hybridized carbons (Fsp3) is 0.500. The second-order valence-electron chi connectivity index (χ2n) is 1.32. The van der Waals surface area contributed by atoms with Crippen molar-refractivity contribution in [2.24, 2.45) is 0 Å². The van der Waals surface area contributed by atoms with Crippen LogP contribution in [0.2, 0.25) is 0 Å². The quantitative estimate of drug-likeness (QED) is 0.383. The summed E-state index contributed by atoms with van der Waals surface area (Å²) < 4.78 is 1.07. The van der Waals surface area contributed by atoms with E-state index in [1.165, 1.54) is 6.92 Å². The van der Waals surface area contributed by atoms with Gasteiger partial charge in [0.15, 0.2) is 5.78 Å².